The molecule has 3 rings (SSSR count). The van der Waals surface area contributed by atoms with Crippen molar-refractivity contribution in [2.24, 2.45) is 0 Å². The van der Waals surface area contributed by atoms with Crippen LogP contribution in [0.4, 0.5) is 0 Å². The summed E-state index contributed by atoms with van der Waals surface area (Å²) in [5, 5.41) is 1.19. The quantitative estimate of drug-likeness (QED) is 0.679. The first-order valence-electron chi connectivity index (χ1n) is 6.91. The van der Waals surface area contributed by atoms with Gasteiger partial charge in [-0.1, -0.05) is 12.1 Å². The number of Topliss-reactive ketones (excluding diaryl/α,β-unsaturated/α-hetero) is 1. The van der Waals surface area contributed by atoms with E-state index in [4.69, 9.17) is 4.74 Å². The van der Waals surface area contributed by atoms with Crippen LogP contribution < -0.4 is 4.74 Å². The Kier molecular flexibility index (Phi) is 3.48. The van der Waals surface area contributed by atoms with Crippen LogP contribution in [0, 0.1) is 6.92 Å². The van der Waals surface area contributed by atoms with Gasteiger partial charge in [0, 0.05) is 22.7 Å². The fourth-order valence-corrected chi connectivity index (χ4v) is 2.54. The van der Waals surface area contributed by atoms with E-state index in [0.717, 1.165) is 11.3 Å². The third-order valence-electron chi connectivity index (χ3n) is 3.76. The highest BCUT2D eigenvalue weighted by molar-refractivity contribution is 5.97. The molecule has 1 heterocycles. The maximum absolute atomic E-state index is 12.4. The summed E-state index contributed by atoms with van der Waals surface area (Å²) >= 11 is 0. The molecule has 0 fully saturated rings. The highest BCUT2D eigenvalue weighted by Gasteiger charge is 2.09. The first-order chi connectivity index (χ1) is 10.2. The van der Waals surface area contributed by atoms with Crippen molar-refractivity contribution >= 4 is 16.7 Å². The highest BCUT2D eigenvalue weighted by Crippen LogP contribution is 2.20. The van der Waals surface area contributed by atoms with Gasteiger partial charge in [0.05, 0.1) is 13.7 Å². The van der Waals surface area contributed by atoms with E-state index >= 15 is 0 Å². The third-order valence-corrected chi connectivity index (χ3v) is 3.76. The molecule has 106 valence electrons. The molecule has 3 aromatic rings. The number of aromatic nitrogens is 1. The molecule has 0 saturated heterocycles. The Bertz CT molecular complexity index is 785. The third kappa shape index (κ3) is 2.55. The van der Waals surface area contributed by atoms with Crippen molar-refractivity contribution in [3.8, 4) is 5.75 Å². The molecule has 0 bridgehead atoms. The summed E-state index contributed by atoms with van der Waals surface area (Å²) < 4.78 is 7.10. The van der Waals surface area contributed by atoms with Gasteiger partial charge in [0.1, 0.15) is 5.75 Å². The number of methoxy groups -OCH3 is 1. The van der Waals surface area contributed by atoms with Crippen LogP contribution in [0.15, 0.2) is 54.7 Å². The smallest absolute Gasteiger partial charge is 0.182 e. The van der Waals surface area contributed by atoms with Crippen LogP contribution in [0.3, 0.4) is 0 Å². The second kappa shape index (κ2) is 5.44. The van der Waals surface area contributed by atoms with Crippen molar-refractivity contribution in [2.45, 2.75) is 13.5 Å². The molecule has 0 aliphatic rings. The van der Waals surface area contributed by atoms with Gasteiger partial charge in [0.2, 0.25) is 0 Å². The van der Waals surface area contributed by atoms with Crippen LogP contribution in [0.1, 0.15) is 15.9 Å². The average molecular weight is 279 g/mol. The van der Waals surface area contributed by atoms with Gasteiger partial charge >= 0.3 is 0 Å². The SMILES string of the molecule is COc1ccc(C(=O)Cn2ccc3c(C)cccc32)cc1. The summed E-state index contributed by atoms with van der Waals surface area (Å²) in [6.45, 7) is 2.43. The molecular formula is C18H17NO2. The Balaban J connectivity index is 1.87. The van der Waals surface area contributed by atoms with Gasteiger partial charge < -0.3 is 9.30 Å². The minimum absolute atomic E-state index is 0.0941. The van der Waals surface area contributed by atoms with Crippen molar-refractivity contribution < 1.29 is 9.53 Å². The van der Waals surface area contributed by atoms with Crippen LogP contribution in [-0.4, -0.2) is 17.5 Å². The maximum Gasteiger partial charge on any atom is 0.182 e. The zero-order valence-corrected chi connectivity index (χ0v) is 12.2. The summed E-state index contributed by atoms with van der Waals surface area (Å²) in [5.74, 6) is 0.852. The summed E-state index contributed by atoms with van der Waals surface area (Å²) in [6.07, 6.45) is 1.97. The standard InChI is InChI=1S/C18H17NO2/c1-13-4-3-5-17-16(13)10-11-19(17)12-18(20)14-6-8-15(21-2)9-7-14/h3-11H,12H2,1-2H3. The van der Waals surface area contributed by atoms with E-state index < -0.39 is 0 Å². The van der Waals surface area contributed by atoms with E-state index in [1.54, 1.807) is 19.2 Å². The Hall–Kier alpha value is -2.55. The van der Waals surface area contributed by atoms with Crippen molar-refractivity contribution in [1.82, 2.24) is 4.57 Å². The first-order valence-corrected chi connectivity index (χ1v) is 6.91. The van der Waals surface area contributed by atoms with Gasteiger partial charge in [-0.3, -0.25) is 4.79 Å². The van der Waals surface area contributed by atoms with Crippen LogP contribution in [-0.2, 0) is 6.54 Å². The molecule has 1 aromatic heterocycles. The van der Waals surface area contributed by atoms with Gasteiger partial charge in [-0.15, -0.1) is 0 Å². The summed E-state index contributed by atoms with van der Waals surface area (Å²) in [5.41, 5.74) is 3.02. The van der Waals surface area contributed by atoms with Crippen molar-refractivity contribution in [2.75, 3.05) is 7.11 Å². The lowest BCUT2D eigenvalue weighted by Crippen LogP contribution is -2.09. The first kappa shape index (κ1) is 13.4. The maximum atomic E-state index is 12.4. The van der Waals surface area contributed by atoms with Gasteiger partial charge in [0.25, 0.3) is 0 Å². The van der Waals surface area contributed by atoms with Gasteiger partial charge in [-0.05, 0) is 48.9 Å². The Morgan fingerprint density at radius 3 is 2.57 bits per heavy atom. The summed E-state index contributed by atoms with van der Waals surface area (Å²) in [6, 6.07) is 15.4. The van der Waals surface area contributed by atoms with Gasteiger partial charge in [-0.2, -0.15) is 0 Å². The Morgan fingerprint density at radius 2 is 1.86 bits per heavy atom. The van der Waals surface area contributed by atoms with E-state index in [1.165, 1.54) is 10.9 Å². The Morgan fingerprint density at radius 1 is 1.10 bits per heavy atom. The molecule has 0 N–H and O–H groups in total. The van der Waals surface area contributed by atoms with Crippen LogP contribution in [0.5, 0.6) is 5.75 Å². The molecule has 0 spiro atoms. The van der Waals surface area contributed by atoms with Crippen LogP contribution in [0.25, 0.3) is 10.9 Å². The number of nitrogens with zero attached hydrogens (tertiary/aromatic N) is 1. The van der Waals surface area contributed by atoms with Crippen molar-refractivity contribution in [1.29, 1.82) is 0 Å². The fraction of sp³-hybridized carbons (Fsp3) is 0.167. The lowest BCUT2D eigenvalue weighted by Gasteiger charge is -2.06. The monoisotopic (exact) mass is 279 g/mol. The largest absolute Gasteiger partial charge is 0.497 e. The summed E-state index contributed by atoms with van der Waals surface area (Å²) in [7, 11) is 1.62. The predicted molar refractivity (Wildman–Crippen MR) is 84.0 cm³/mol. The molecule has 0 saturated carbocycles. The second-order valence-electron chi connectivity index (χ2n) is 5.10. The van der Waals surface area contributed by atoms with Crippen molar-refractivity contribution in [3.05, 3.63) is 65.9 Å². The fourth-order valence-electron chi connectivity index (χ4n) is 2.54. The molecule has 21 heavy (non-hydrogen) atoms. The normalized spacial score (nSPS) is 10.8. The number of rotatable bonds is 4. The van der Waals surface area contributed by atoms with Gasteiger partial charge in [-0.25, -0.2) is 0 Å². The van der Waals surface area contributed by atoms with Gasteiger partial charge in [0.15, 0.2) is 5.78 Å². The number of ketones is 1. The molecule has 3 heteroatoms. The second-order valence-corrected chi connectivity index (χ2v) is 5.10. The van der Waals surface area contributed by atoms with Crippen LogP contribution >= 0.6 is 0 Å². The number of benzene rings is 2. The molecule has 0 unspecified atom stereocenters. The zero-order valence-electron chi connectivity index (χ0n) is 12.2. The number of carbonyl (C=O) groups excluding carboxylic acids is 1. The Labute approximate surface area is 123 Å². The topological polar surface area (TPSA) is 31.2 Å². The minimum Gasteiger partial charge on any atom is -0.497 e. The number of aryl methyl sites for hydroxylation is 1. The number of fused-ring (bicyclic) bond motifs is 1. The molecule has 0 aliphatic heterocycles. The molecule has 0 atom stereocenters. The highest BCUT2D eigenvalue weighted by atomic mass is 16.5. The lowest BCUT2D eigenvalue weighted by atomic mass is 10.1. The number of ether oxygens (including phenoxy) is 1. The van der Waals surface area contributed by atoms with Crippen molar-refractivity contribution in [3.63, 3.8) is 0 Å². The number of carbonyl (C=O) groups is 1. The van der Waals surface area contributed by atoms with E-state index in [-0.39, 0.29) is 5.78 Å². The molecule has 0 aliphatic carbocycles. The number of hydrogen-bond acceptors (Lipinski definition) is 2. The summed E-state index contributed by atoms with van der Waals surface area (Å²) in [4.78, 5) is 12.4. The lowest BCUT2D eigenvalue weighted by molar-refractivity contribution is 0.0973. The predicted octanol–water partition coefficient (Wildman–Crippen LogP) is 3.84. The van der Waals surface area contributed by atoms with E-state index in [9.17, 15) is 4.79 Å². The molecule has 2 aromatic carbocycles. The molecule has 0 amide bonds. The molecular weight excluding hydrogens is 262 g/mol. The minimum atomic E-state index is 0.0941. The number of hydrogen-bond donors (Lipinski definition) is 0. The van der Waals surface area contributed by atoms with Crippen LogP contribution in [0.2, 0.25) is 0 Å². The molecule has 0 radical (unpaired) electrons. The molecule has 3 nitrogen and oxygen atoms in total. The van der Waals surface area contributed by atoms with E-state index in [2.05, 4.69) is 19.1 Å². The van der Waals surface area contributed by atoms with E-state index in [1.807, 2.05) is 35.0 Å². The van der Waals surface area contributed by atoms with E-state index in [0.29, 0.717) is 12.1 Å². The average Bonchev–Trinajstić information content (AvgIpc) is 2.92. The zero-order chi connectivity index (χ0) is 14.8.